The molecular formula is C20H27ClN4O. The number of rotatable bonds is 2. The smallest absolute Gasteiger partial charge is 0.272 e. The minimum Gasteiger partial charge on any atom is -0.368 e. The van der Waals surface area contributed by atoms with Crippen LogP contribution in [0.25, 0.3) is 0 Å². The van der Waals surface area contributed by atoms with Gasteiger partial charge in [-0.3, -0.25) is 9.48 Å². The molecule has 0 atom stereocenters. The summed E-state index contributed by atoms with van der Waals surface area (Å²) in [6.07, 6.45) is 0. The Kier molecular flexibility index (Phi) is 5.02. The summed E-state index contributed by atoms with van der Waals surface area (Å²) in [4.78, 5) is 17.2. The van der Waals surface area contributed by atoms with Crippen LogP contribution >= 0.6 is 11.6 Å². The largest absolute Gasteiger partial charge is 0.368 e. The molecule has 0 aliphatic carbocycles. The molecule has 0 bridgehead atoms. The molecule has 0 spiro atoms. The number of aryl methyl sites for hydroxylation is 2. The number of benzene rings is 1. The topological polar surface area (TPSA) is 41.4 Å². The normalized spacial score (nSPS) is 15.5. The molecule has 1 aromatic heterocycles. The van der Waals surface area contributed by atoms with Crippen molar-refractivity contribution >= 4 is 23.2 Å². The first-order chi connectivity index (χ1) is 12.2. The number of hydrogen-bond acceptors (Lipinski definition) is 3. The fraction of sp³-hybridized carbons (Fsp3) is 0.500. The first-order valence-electron chi connectivity index (χ1n) is 9.02. The molecule has 1 aromatic carbocycles. The Morgan fingerprint density at radius 2 is 1.77 bits per heavy atom. The predicted octanol–water partition coefficient (Wildman–Crippen LogP) is 3.64. The quantitative estimate of drug-likeness (QED) is 0.805. The van der Waals surface area contributed by atoms with Gasteiger partial charge in [-0.15, -0.1) is 0 Å². The number of halogens is 1. The van der Waals surface area contributed by atoms with Gasteiger partial charge < -0.3 is 9.80 Å². The van der Waals surface area contributed by atoms with Gasteiger partial charge in [0.1, 0.15) is 5.69 Å². The second-order valence-electron chi connectivity index (χ2n) is 8.00. The average Bonchev–Trinajstić information content (AvgIpc) is 2.99. The Balaban J connectivity index is 1.71. The predicted molar refractivity (Wildman–Crippen MR) is 106 cm³/mol. The zero-order chi connectivity index (χ0) is 19.1. The van der Waals surface area contributed by atoms with Crippen molar-refractivity contribution in [3.63, 3.8) is 0 Å². The van der Waals surface area contributed by atoms with E-state index in [1.54, 1.807) is 4.68 Å². The minimum absolute atomic E-state index is 0.0537. The van der Waals surface area contributed by atoms with Crippen molar-refractivity contribution in [1.29, 1.82) is 0 Å². The van der Waals surface area contributed by atoms with Crippen molar-refractivity contribution in [1.82, 2.24) is 14.7 Å². The molecule has 140 valence electrons. The molecule has 0 unspecified atom stereocenters. The maximum Gasteiger partial charge on any atom is 0.272 e. The van der Waals surface area contributed by atoms with Crippen LogP contribution in [0.2, 0.25) is 5.02 Å². The molecule has 3 rings (SSSR count). The number of carbonyl (C=O) groups excluding carboxylic acids is 1. The van der Waals surface area contributed by atoms with Crippen LogP contribution in [0.3, 0.4) is 0 Å². The van der Waals surface area contributed by atoms with E-state index in [1.165, 1.54) is 5.56 Å². The number of aromatic nitrogens is 2. The Morgan fingerprint density at radius 3 is 2.35 bits per heavy atom. The molecule has 1 aliphatic heterocycles. The number of hydrogen-bond donors (Lipinski definition) is 0. The molecule has 0 N–H and O–H groups in total. The van der Waals surface area contributed by atoms with Crippen molar-refractivity contribution in [2.75, 3.05) is 31.1 Å². The molecular weight excluding hydrogens is 348 g/mol. The van der Waals surface area contributed by atoms with Crippen molar-refractivity contribution in [3.05, 3.63) is 46.2 Å². The number of anilines is 1. The van der Waals surface area contributed by atoms with E-state index in [2.05, 4.69) is 37.7 Å². The van der Waals surface area contributed by atoms with Crippen LogP contribution in [0.5, 0.6) is 0 Å². The lowest BCUT2D eigenvalue weighted by Crippen LogP contribution is -2.49. The van der Waals surface area contributed by atoms with Crippen LogP contribution < -0.4 is 4.90 Å². The lowest BCUT2D eigenvalue weighted by Gasteiger charge is -2.36. The molecule has 0 saturated carbocycles. The van der Waals surface area contributed by atoms with Gasteiger partial charge in [-0.05, 0) is 30.7 Å². The van der Waals surface area contributed by atoms with Crippen LogP contribution in [0.15, 0.2) is 24.3 Å². The zero-order valence-corrected chi connectivity index (χ0v) is 17.0. The van der Waals surface area contributed by atoms with Crippen molar-refractivity contribution in [2.24, 2.45) is 7.05 Å². The van der Waals surface area contributed by atoms with Gasteiger partial charge in [0.2, 0.25) is 0 Å². The first kappa shape index (κ1) is 18.8. The van der Waals surface area contributed by atoms with Crippen molar-refractivity contribution in [2.45, 2.75) is 33.1 Å². The fourth-order valence-corrected chi connectivity index (χ4v) is 3.44. The van der Waals surface area contributed by atoms with Crippen molar-refractivity contribution < 1.29 is 4.79 Å². The van der Waals surface area contributed by atoms with Crippen LogP contribution in [-0.4, -0.2) is 46.8 Å². The molecule has 1 amide bonds. The second-order valence-corrected chi connectivity index (χ2v) is 8.43. The summed E-state index contributed by atoms with van der Waals surface area (Å²) < 4.78 is 1.70. The van der Waals surface area contributed by atoms with Crippen molar-refractivity contribution in [3.8, 4) is 0 Å². The molecule has 5 nitrogen and oxygen atoms in total. The first-order valence-corrected chi connectivity index (χ1v) is 9.39. The van der Waals surface area contributed by atoms with Gasteiger partial charge in [0.15, 0.2) is 0 Å². The van der Waals surface area contributed by atoms with Crippen LogP contribution in [0.1, 0.15) is 42.5 Å². The standard InChI is InChI=1S/C20H27ClN4O/c1-14-6-7-15(21)12-16(14)24-8-10-25(11-9-24)19(26)17-13-18(20(2,3)4)22-23(17)5/h6-7,12-13H,8-11H2,1-5H3. The van der Waals surface area contributed by atoms with Crippen LogP contribution in [-0.2, 0) is 12.5 Å². The molecule has 1 saturated heterocycles. The van der Waals surface area contributed by atoms with Gasteiger partial charge in [0.25, 0.3) is 5.91 Å². The van der Waals surface area contributed by atoms with Gasteiger partial charge in [0.05, 0.1) is 5.69 Å². The van der Waals surface area contributed by atoms with Crippen LogP contribution in [0.4, 0.5) is 5.69 Å². The molecule has 26 heavy (non-hydrogen) atoms. The molecule has 2 aromatic rings. The van der Waals surface area contributed by atoms with E-state index in [0.29, 0.717) is 18.8 Å². The summed E-state index contributed by atoms with van der Waals surface area (Å²) in [5, 5.41) is 5.27. The lowest BCUT2D eigenvalue weighted by atomic mass is 9.92. The number of carbonyl (C=O) groups is 1. The highest BCUT2D eigenvalue weighted by molar-refractivity contribution is 6.30. The highest BCUT2D eigenvalue weighted by atomic mass is 35.5. The zero-order valence-electron chi connectivity index (χ0n) is 16.2. The summed E-state index contributed by atoms with van der Waals surface area (Å²) in [7, 11) is 1.84. The minimum atomic E-state index is -0.0703. The fourth-order valence-electron chi connectivity index (χ4n) is 3.27. The number of amides is 1. The molecule has 0 radical (unpaired) electrons. The summed E-state index contributed by atoms with van der Waals surface area (Å²) in [5.41, 5.74) is 3.88. The molecule has 1 fully saturated rings. The highest BCUT2D eigenvalue weighted by Crippen LogP contribution is 2.26. The third-order valence-corrected chi connectivity index (χ3v) is 5.18. The van der Waals surface area contributed by atoms with E-state index < -0.39 is 0 Å². The van der Waals surface area contributed by atoms with Gasteiger partial charge in [0, 0.05) is 49.4 Å². The summed E-state index contributed by atoms with van der Waals surface area (Å²) in [6, 6.07) is 7.88. The lowest BCUT2D eigenvalue weighted by molar-refractivity contribution is 0.0735. The van der Waals surface area contributed by atoms with Gasteiger partial charge in [-0.1, -0.05) is 38.4 Å². The second kappa shape index (κ2) is 6.95. The monoisotopic (exact) mass is 374 g/mol. The maximum atomic E-state index is 13.0. The Morgan fingerprint density at radius 1 is 1.12 bits per heavy atom. The van der Waals surface area contributed by atoms with E-state index in [9.17, 15) is 4.79 Å². The molecule has 6 heteroatoms. The van der Waals surface area contributed by atoms with E-state index in [-0.39, 0.29) is 11.3 Å². The van der Waals surface area contributed by atoms with Gasteiger partial charge in [-0.2, -0.15) is 5.10 Å². The van der Waals surface area contributed by atoms with E-state index in [1.807, 2.05) is 36.2 Å². The van der Waals surface area contributed by atoms with E-state index in [0.717, 1.165) is 29.5 Å². The van der Waals surface area contributed by atoms with Gasteiger partial charge in [-0.25, -0.2) is 0 Å². The maximum absolute atomic E-state index is 13.0. The third kappa shape index (κ3) is 3.73. The number of nitrogens with zero attached hydrogens (tertiary/aromatic N) is 4. The summed E-state index contributed by atoms with van der Waals surface area (Å²) in [5.74, 6) is 0.0537. The Bertz CT molecular complexity index is 814. The van der Waals surface area contributed by atoms with E-state index in [4.69, 9.17) is 11.6 Å². The van der Waals surface area contributed by atoms with E-state index >= 15 is 0 Å². The van der Waals surface area contributed by atoms with Crippen LogP contribution in [0, 0.1) is 6.92 Å². The number of piperazine rings is 1. The third-order valence-electron chi connectivity index (χ3n) is 4.95. The summed E-state index contributed by atoms with van der Waals surface area (Å²) in [6.45, 7) is 11.4. The van der Waals surface area contributed by atoms with Gasteiger partial charge >= 0.3 is 0 Å². The SMILES string of the molecule is Cc1ccc(Cl)cc1N1CCN(C(=O)c2cc(C(C)(C)C)nn2C)CC1. The average molecular weight is 375 g/mol. The molecule has 1 aliphatic rings. The molecule has 2 heterocycles. The Hall–Kier alpha value is -2.01. The summed E-state index contributed by atoms with van der Waals surface area (Å²) >= 11 is 6.15. The Labute approximate surface area is 160 Å². The highest BCUT2D eigenvalue weighted by Gasteiger charge is 2.27.